The third kappa shape index (κ3) is 4.29. The fourth-order valence-corrected chi connectivity index (χ4v) is 3.09. The number of phenolic OH excluding ortho intramolecular Hbond substituents is 2. The van der Waals surface area contributed by atoms with Crippen molar-refractivity contribution >= 4 is 22.8 Å². The van der Waals surface area contributed by atoms with Gasteiger partial charge >= 0.3 is 0 Å². The Labute approximate surface area is 169 Å². The van der Waals surface area contributed by atoms with Crippen LogP contribution in [0.1, 0.15) is 35.3 Å². The Bertz CT molecular complexity index is 1120. The molecule has 148 valence electrons. The van der Waals surface area contributed by atoms with E-state index >= 15 is 0 Å². The van der Waals surface area contributed by atoms with Crippen LogP contribution in [-0.2, 0) is 6.42 Å². The van der Waals surface area contributed by atoms with E-state index in [0.717, 1.165) is 22.0 Å². The number of allylic oxidation sites excluding steroid dienone is 3. The highest BCUT2D eigenvalue weighted by Crippen LogP contribution is 2.39. The number of methoxy groups -OCH3 is 1. The number of carbonyl (C=O) groups excluding carboxylic acids is 1. The van der Waals surface area contributed by atoms with Gasteiger partial charge in [0.25, 0.3) is 0 Å². The summed E-state index contributed by atoms with van der Waals surface area (Å²) in [5, 5.41) is 21.9. The molecule has 0 bridgehead atoms. The number of phenols is 2. The molecule has 0 amide bonds. The molecule has 5 heteroatoms. The van der Waals surface area contributed by atoms with Gasteiger partial charge in [0.05, 0.1) is 12.6 Å². The number of aromatic hydroxyl groups is 2. The predicted octanol–water partition coefficient (Wildman–Crippen LogP) is 5.06. The van der Waals surface area contributed by atoms with Crippen LogP contribution in [0.2, 0.25) is 0 Å². The van der Waals surface area contributed by atoms with Crippen LogP contribution in [0.15, 0.2) is 60.3 Å². The number of hydrogen-bond acceptors (Lipinski definition) is 5. The van der Waals surface area contributed by atoms with E-state index in [9.17, 15) is 15.0 Å². The maximum atomic E-state index is 12.9. The van der Waals surface area contributed by atoms with Crippen molar-refractivity contribution in [2.24, 2.45) is 0 Å². The molecule has 0 fully saturated rings. The number of ether oxygens (including phenoxy) is 1. The lowest BCUT2D eigenvalue weighted by molar-refractivity contribution is 0.104. The zero-order valence-corrected chi connectivity index (χ0v) is 16.6. The van der Waals surface area contributed by atoms with E-state index in [2.05, 4.69) is 4.98 Å². The summed E-state index contributed by atoms with van der Waals surface area (Å²) in [6.45, 7) is 3.84. The highest BCUT2D eigenvalue weighted by molar-refractivity contribution is 6.11. The summed E-state index contributed by atoms with van der Waals surface area (Å²) >= 11 is 0. The third-order valence-electron chi connectivity index (χ3n) is 4.60. The number of carbonyl (C=O) groups is 1. The van der Waals surface area contributed by atoms with E-state index in [1.807, 2.05) is 50.3 Å². The van der Waals surface area contributed by atoms with Crippen molar-refractivity contribution in [2.75, 3.05) is 7.11 Å². The van der Waals surface area contributed by atoms with Crippen molar-refractivity contribution in [3.05, 3.63) is 77.0 Å². The zero-order chi connectivity index (χ0) is 21.0. The summed E-state index contributed by atoms with van der Waals surface area (Å²) < 4.78 is 5.23. The molecular weight excluding hydrogens is 366 g/mol. The maximum absolute atomic E-state index is 12.9. The second-order valence-electron chi connectivity index (χ2n) is 6.91. The van der Waals surface area contributed by atoms with Gasteiger partial charge in [0.15, 0.2) is 5.78 Å². The van der Waals surface area contributed by atoms with Crippen LogP contribution in [0, 0.1) is 0 Å². The Morgan fingerprint density at radius 2 is 1.93 bits per heavy atom. The second-order valence-corrected chi connectivity index (χ2v) is 6.91. The molecular formula is C24H23NO4. The molecule has 0 atom stereocenters. The monoisotopic (exact) mass is 389 g/mol. The minimum atomic E-state index is -0.425. The molecule has 0 radical (unpaired) electrons. The molecule has 5 nitrogen and oxygen atoms in total. The first-order valence-corrected chi connectivity index (χ1v) is 9.23. The van der Waals surface area contributed by atoms with Crippen LogP contribution < -0.4 is 4.74 Å². The number of pyridine rings is 1. The van der Waals surface area contributed by atoms with E-state index in [-0.39, 0.29) is 28.4 Å². The predicted molar refractivity (Wildman–Crippen MR) is 115 cm³/mol. The smallest absolute Gasteiger partial charge is 0.193 e. The quantitative estimate of drug-likeness (QED) is 0.350. The summed E-state index contributed by atoms with van der Waals surface area (Å²) in [6.07, 6.45) is 6.92. The second kappa shape index (κ2) is 8.61. The van der Waals surface area contributed by atoms with Gasteiger partial charge < -0.3 is 14.9 Å². The zero-order valence-electron chi connectivity index (χ0n) is 16.6. The largest absolute Gasteiger partial charge is 0.507 e. The number of benzene rings is 2. The molecule has 3 aromatic rings. The van der Waals surface area contributed by atoms with E-state index in [1.165, 1.54) is 19.3 Å². The molecule has 0 aliphatic carbocycles. The Morgan fingerprint density at radius 3 is 2.66 bits per heavy atom. The molecule has 1 heterocycles. The molecule has 1 aromatic heterocycles. The number of nitrogens with zero attached hydrogens (tertiary/aromatic N) is 1. The summed E-state index contributed by atoms with van der Waals surface area (Å²) in [6, 6.07) is 10.9. The highest BCUT2D eigenvalue weighted by Gasteiger charge is 2.21. The molecule has 0 unspecified atom stereocenters. The van der Waals surface area contributed by atoms with Crippen molar-refractivity contribution in [2.45, 2.75) is 20.3 Å². The van der Waals surface area contributed by atoms with Gasteiger partial charge in [-0.05, 0) is 38.5 Å². The van der Waals surface area contributed by atoms with Gasteiger partial charge in [-0.15, -0.1) is 0 Å². The van der Waals surface area contributed by atoms with Crippen LogP contribution >= 0.6 is 0 Å². The minimum absolute atomic E-state index is 0.0203. The minimum Gasteiger partial charge on any atom is -0.507 e. The Hall–Kier alpha value is -3.60. The van der Waals surface area contributed by atoms with Crippen LogP contribution in [0.25, 0.3) is 17.0 Å². The van der Waals surface area contributed by atoms with Gasteiger partial charge in [-0.2, -0.15) is 0 Å². The van der Waals surface area contributed by atoms with Gasteiger partial charge in [-0.25, -0.2) is 0 Å². The average Bonchev–Trinajstić information content (AvgIpc) is 2.71. The molecule has 0 saturated heterocycles. The Kier molecular flexibility index (Phi) is 5.98. The van der Waals surface area contributed by atoms with E-state index < -0.39 is 5.78 Å². The van der Waals surface area contributed by atoms with Gasteiger partial charge in [0.1, 0.15) is 22.8 Å². The number of para-hydroxylation sites is 1. The van der Waals surface area contributed by atoms with E-state index in [4.69, 9.17) is 4.74 Å². The van der Waals surface area contributed by atoms with Crippen LogP contribution in [0.5, 0.6) is 17.2 Å². The first-order valence-electron chi connectivity index (χ1n) is 9.23. The number of fused-ring (bicyclic) bond motifs is 1. The fourth-order valence-electron chi connectivity index (χ4n) is 3.09. The fraction of sp³-hybridized carbons (Fsp3) is 0.167. The van der Waals surface area contributed by atoms with Gasteiger partial charge in [0.2, 0.25) is 0 Å². The molecule has 3 rings (SSSR count). The Morgan fingerprint density at radius 1 is 1.17 bits per heavy atom. The standard InChI is InChI=1S/C24H23NO4/c1-15(2)9-11-18-20(27)14-21(29-3)22(24(18)28)19(26)12-10-17-7-4-6-16-8-5-13-25-23(16)17/h4-10,12-14,27-28H,11H2,1-3H3/b12-10+. The molecule has 0 saturated carbocycles. The molecule has 2 aromatic carbocycles. The van der Waals surface area contributed by atoms with Crippen molar-refractivity contribution in [3.63, 3.8) is 0 Å². The number of aromatic nitrogens is 1. The lowest BCUT2D eigenvalue weighted by Gasteiger charge is -2.13. The first kappa shape index (κ1) is 20.1. The molecule has 0 aliphatic rings. The summed E-state index contributed by atoms with van der Waals surface area (Å²) in [4.78, 5) is 17.3. The molecule has 29 heavy (non-hydrogen) atoms. The Balaban J connectivity index is 2.02. The first-order chi connectivity index (χ1) is 13.9. The highest BCUT2D eigenvalue weighted by atomic mass is 16.5. The van der Waals surface area contributed by atoms with Gasteiger partial charge in [0, 0.05) is 28.8 Å². The van der Waals surface area contributed by atoms with Gasteiger partial charge in [-0.1, -0.05) is 35.9 Å². The topological polar surface area (TPSA) is 79.6 Å². The summed E-state index contributed by atoms with van der Waals surface area (Å²) in [5.41, 5.74) is 2.92. The average molecular weight is 389 g/mol. The SMILES string of the molecule is COc1cc(O)c(CC=C(C)C)c(O)c1C(=O)/C=C/c1cccc2cccnc12. The molecule has 0 aliphatic heterocycles. The number of rotatable bonds is 6. The van der Waals surface area contributed by atoms with Crippen LogP contribution in [0.4, 0.5) is 0 Å². The van der Waals surface area contributed by atoms with Crippen molar-refractivity contribution in [1.82, 2.24) is 4.98 Å². The van der Waals surface area contributed by atoms with E-state index in [1.54, 1.807) is 12.3 Å². The van der Waals surface area contributed by atoms with Crippen molar-refractivity contribution < 1.29 is 19.7 Å². The maximum Gasteiger partial charge on any atom is 0.193 e. The number of hydrogen-bond donors (Lipinski definition) is 2. The van der Waals surface area contributed by atoms with E-state index in [0.29, 0.717) is 6.42 Å². The van der Waals surface area contributed by atoms with Crippen molar-refractivity contribution in [1.29, 1.82) is 0 Å². The number of ketones is 1. The van der Waals surface area contributed by atoms with Crippen LogP contribution in [-0.4, -0.2) is 28.1 Å². The normalized spacial score (nSPS) is 11.0. The summed E-state index contributed by atoms with van der Waals surface area (Å²) in [7, 11) is 1.39. The van der Waals surface area contributed by atoms with Crippen LogP contribution in [0.3, 0.4) is 0 Å². The lowest BCUT2D eigenvalue weighted by atomic mass is 9.99. The molecule has 0 spiro atoms. The third-order valence-corrected chi connectivity index (χ3v) is 4.60. The molecule has 2 N–H and O–H groups in total. The summed E-state index contributed by atoms with van der Waals surface area (Å²) in [5.74, 6) is -0.696. The van der Waals surface area contributed by atoms with Crippen molar-refractivity contribution in [3.8, 4) is 17.2 Å². The van der Waals surface area contributed by atoms with Gasteiger partial charge in [-0.3, -0.25) is 9.78 Å². The lowest BCUT2D eigenvalue weighted by Crippen LogP contribution is -2.02.